The van der Waals surface area contributed by atoms with Gasteiger partial charge in [0.2, 0.25) is 0 Å². The number of aromatic amines is 1. The van der Waals surface area contributed by atoms with E-state index in [0.29, 0.717) is 64.1 Å². The quantitative estimate of drug-likeness (QED) is 0.524. The maximum absolute atomic E-state index is 13.6. The predicted octanol–water partition coefficient (Wildman–Crippen LogP) is 4.67. The van der Waals surface area contributed by atoms with E-state index in [1.165, 1.54) is 14.2 Å². The third kappa shape index (κ3) is 4.79. The van der Waals surface area contributed by atoms with Gasteiger partial charge in [-0.15, -0.1) is 12.4 Å². The lowest BCUT2D eigenvalue weighted by molar-refractivity contribution is -0.126. The number of benzene rings is 2. The number of ether oxygens (including phenoxy) is 2. The van der Waals surface area contributed by atoms with Gasteiger partial charge in [-0.1, -0.05) is 0 Å². The number of carbonyl (C=O) groups excluding carboxylic acids is 1. The second-order valence-corrected chi connectivity index (χ2v) is 8.99. The summed E-state index contributed by atoms with van der Waals surface area (Å²) in [6.45, 7) is 3.15. The molecule has 2 aromatic carbocycles. The molecule has 3 aromatic rings. The van der Waals surface area contributed by atoms with Crippen molar-refractivity contribution in [3.05, 3.63) is 47.5 Å². The number of alkyl halides is 3. The number of methoxy groups -OCH3 is 2. The van der Waals surface area contributed by atoms with Crippen LogP contribution >= 0.6 is 12.4 Å². The minimum absolute atomic E-state index is 0. The highest BCUT2D eigenvalue weighted by Gasteiger charge is 2.38. The molecule has 5 rings (SSSR count). The summed E-state index contributed by atoms with van der Waals surface area (Å²) < 4.78 is 51.4. The van der Waals surface area contributed by atoms with Crippen LogP contribution in [0.2, 0.25) is 0 Å². The number of aromatic nitrogens is 1. The number of hydrogen-bond acceptors (Lipinski definition) is 4. The lowest BCUT2D eigenvalue weighted by Gasteiger charge is -2.17. The highest BCUT2D eigenvalue weighted by atomic mass is 35.5. The van der Waals surface area contributed by atoms with Crippen LogP contribution in [0.3, 0.4) is 0 Å². The fourth-order valence-electron chi connectivity index (χ4n) is 5.21. The number of fused-ring (bicyclic) bond motifs is 2. The molecule has 0 saturated carbocycles. The summed E-state index contributed by atoms with van der Waals surface area (Å²) in [6.07, 6.45) is -5.53. The van der Waals surface area contributed by atoms with E-state index in [2.05, 4.69) is 10.3 Å². The third-order valence-electron chi connectivity index (χ3n) is 6.88. The second kappa shape index (κ2) is 9.62. The summed E-state index contributed by atoms with van der Waals surface area (Å²) in [4.78, 5) is 18.1. The molecule has 188 valence electrons. The van der Waals surface area contributed by atoms with Crippen LogP contribution in [0, 0.1) is 11.8 Å². The van der Waals surface area contributed by atoms with Crippen molar-refractivity contribution < 1.29 is 27.4 Å². The van der Waals surface area contributed by atoms with Crippen molar-refractivity contribution in [1.82, 2.24) is 15.2 Å². The van der Waals surface area contributed by atoms with E-state index in [0.717, 1.165) is 13.1 Å². The molecule has 2 N–H and O–H groups in total. The monoisotopic (exact) mass is 509 g/mol. The topological polar surface area (TPSA) is 66.6 Å². The molecule has 10 heteroatoms. The minimum atomic E-state index is -4.42. The molecule has 0 spiro atoms. The van der Waals surface area contributed by atoms with Gasteiger partial charge in [0.05, 0.1) is 26.3 Å². The fourth-order valence-corrected chi connectivity index (χ4v) is 5.21. The van der Waals surface area contributed by atoms with Crippen LogP contribution < -0.4 is 14.8 Å². The molecule has 1 aromatic heterocycles. The number of nitrogens with zero attached hydrogens (tertiary/aromatic N) is 1. The van der Waals surface area contributed by atoms with Gasteiger partial charge in [-0.3, -0.25) is 4.79 Å². The van der Waals surface area contributed by atoms with E-state index in [9.17, 15) is 18.0 Å². The Hall–Kier alpha value is -2.91. The Balaban J connectivity index is 0.00000289. The van der Waals surface area contributed by atoms with Crippen molar-refractivity contribution in [2.24, 2.45) is 11.8 Å². The molecule has 0 radical (unpaired) electrons. The van der Waals surface area contributed by atoms with Gasteiger partial charge < -0.3 is 24.7 Å². The number of carbonyl (C=O) groups is 1. The average Bonchev–Trinajstić information content (AvgIpc) is 3.51. The summed E-state index contributed by atoms with van der Waals surface area (Å²) in [5, 5.41) is 3.74. The maximum atomic E-state index is 13.6. The first-order chi connectivity index (χ1) is 16.3. The summed E-state index contributed by atoms with van der Waals surface area (Å²) in [6, 6.07) is 9.95. The van der Waals surface area contributed by atoms with Crippen LogP contribution in [0.1, 0.15) is 15.9 Å². The largest absolute Gasteiger partial charge is 0.493 e. The van der Waals surface area contributed by atoms with Gasteiger partial charge in [0.1, 0.15) is 0 Å². The standard InChI is InChI=1S/C25H26F3N3O3.ClH/c1-33-21-6-4-14(8-22(21)34-2)23-19(9-25(26,27)28)18-7-15(3-5-20(18)30-23)24(32)31-12-16-10-29-11-17(16)13-31;/h3-8,16-17,29-30H,9-13H2,1-2H3;1H. The van der Waals surface area contributed by atoms with Gasteiger partial charge in [-0.25, -0.2) is 0 Å². The summed E-state index contributed by atoms with van der Waals surface area (Å²) in [7, 11) is 2.97. The van der Waals surface area contributed by atoms with Crippen LogP contribution in [0.4, 0.5) is 13.2 Å². The lowest BCUT2D eigenvalue weighted by Crippen LogP contribution is -2.31. The molecular formula is C25H27ClF3N3O3. The van der Waals surface area contributed by atoms with Crippen molar-refractivity contribution in [3.8, 4) is 22.8 Å². The van der Waals surface area contributed by atoms with Crippen LogP contribution in [0.5, 0.6) is 11.5 Å². The van der Waals surface area contributed by atoms with E-state index in [1.54, 1.807) is 36.4 Å². The van der Waals surface area contributed by atoms with Crippen LogP contribution in [-0.2, 0) is 6.42 Å². The number of hydrogen-bond donors (Lipinski definition) is 2. The molecule has 2 unspecified atom stereocenters. The Morgan fingerprint density at radius 1 is 1.03 bits per heavy atom. The predicted molar refractivity (Wildman–Crippen MR) is 130 cm³/mol. The molecule has 2 fully saturated rings. The molecule has 2 aliphatic heterocycles. The van der Waals surface area contributed by atoms with Gasteiger partial charge >= 0.3 is 6.18 Å². The normalized spacial score (nSPS) is 19.5. The van der Waals surface area contributed by atoms with Crippen molar-refractivity contribution in [2.45, 2.75) is 12.6 Å². The number of amides is 1. The van der Waals surface area contributed by atoms with E-state index in [4.69, 9.17) is 9.47 Å². The zero-order valence-corrected chi connectivity index (χ0v) is 20.2. The molecule has 2 saturated heterocycles. The third-order valence-corrected chi connectivity index (χ3v) is 6.88. The Morgan fingerprint density at radius 3 is 2.34 bits per heavy atom. The SMILES string of the molecule is COc1ccc(-c2[nH]c3ccc(C(=O)N4CC5CNCC5C4)cc3c2CC(F)(F)F)cc1OC.Cl. The lowest BCUT2D eigenvalue weighted by atomic mass is 10.0. The highest BCUT2D eigenvalue weighted by Crippen LogP contribution is 2.39. The fraction of sp³-hybridized carbons (Fsp3) is 0.400. The molecule has 3 heterocycles. The highest BCUT2D eigenvalue weighted by molar-refractivity contribution is 6.00. The second-order valence-electron chi connectivity index (χ2n) is 8.99. The number of H-pyrrole nitrogens is 1. The van der Waals surface area contributed by atoms with E-state index >= 15 is 0 Å². The van der Waals surface area contributed by atoms with Gasteiger partial charge in [0.25, 0.3) is 5.91 Å². The van der Waals surface area contributed by atoms with E-state index < -0.39 is 12.6 Å². The number of likely N-dealkylation sites (tertiary alicyclic amines) is 1. The van der Waals surface area contributed by atoms with Crippen LogP contribution in [0.25, 0.3) is 22.2 Å². The molecule has 0 aliphatic carbocycles. The van der Waals surface area contributed by atoms with Crippen molar-refractivity contribution in [2.75, 3.05) is 40.4 Å². The van der Waals surface area contributed by atoms with Crippen LogP contribution in [0.15, 0.2) is 36.4 Å². The number of nitrogens with one attached hydrogen (secondary N) is 2. The average molecular weight is 510 g/mol. The minimum Gasteiger partial charge on any atom is -0.493 e. The summed E-state index contributed by atoms with van der Waals surface area (Å²) >= 11 is 0. The van der Waals surface area contributed by atoms with Gasteiger partial charge in [0.15, 0.2) is 11.5 Å². The van der Waals surface area contributed by atoms with Crippen molar-refractivity contribution in [1.29, 1.82) is 0 Å². The van der Waals surface area contributed by atoms with Gasteiger partial charge in [0, 0.05) is 48.2 Å². The first-order valence-electron chi connectivity index (χ1n) is 11.2. The smallest absolute Gasteiger partial charge is 0.393 e. The Kier molecular flexibility index (Phi) is 6.92. The van der Waals surface area contributed by atoms with Crippen LogP contribution in [-0.4, -0.2) is 62.4 Å². The Morgan fingerprint density at radius 2 is 1.71 bits per heavy atom. The molecule has 2 aliphatic rings. The maximum Gasteiger partial charge on any atom is 0.393 e. The Bertz CT molecular complexity index is 1230. The number of halogens is 4. The molecular weight excluding hydrogens is 483 g/mol. The first kappa shape index (κ1) is 25.2. The van der Waals surface area contributed by atoms with Crippen molar-refractivity contribution in [3.63, 3.8) is 0 Å². The van der Waals surface area contributed by atoms with Gasteiger partial charge in [-0.05, 0) is 53.8 Å². The zero-order chi connectivity index (χ0) is 24.0. The van der Waals surface area contributed by atoms with Gasteiger partial charge in [-0.2, -0.15) is 13.2 Å². The molecule has 35 heavy (non-hydrogen) atoms. The first-order valence-corrected chi connectivity index (χ1v) is 11.2. The molecule has 2 atom stereocenters. The Labute approximate surface area is 207 Å². The number of rotatable bonds is 5. The zero-order valence-electron chi connectivity index (χ0n) is 19.4. The summed E-state index contributed by atoms with van der Waals surface area (Å²) in [5.41, 5.74) is 1.94. The molecule has 0 bridgehead atoms. The summed E-state index contributed by atoms with van der Waals surface area (Å²) in [5.74, 6) is 1.65. The molecule has 6 nitrogen and oxygen atoms in total. The van der Waals surface area contributed by atoms with Crippen molar-refractivity contribution >= 4 is 29.2 Å². The van der Waals surface area contributed by atoms with E-state index in [-0.39, 0.29) is 23.9 Å². The molecule has 1 amide bonds. The van der Waals surface area contributed by atoms with E-state index in [1.807, 2.05) is 4.90 Å².